The van der Waals surface area contributed by atoms with Crippen molar-refractivity contribution in [2.75, 3.05) is 13.1 Å². The third-order valence-electron chi connectivity index (χ3n) is 2.70. The van der Waals surface area contributed by atoms with Gasteiger partial charge in [-0.1, -0.05) is 11.8 Å². The number of hydrogen-bond acceptors (Lipinski definition) is 4. The van der Waals surface area contributed by atoms with Gasteiger partial charge in [-0.05, 0) is 32.9 Å². The molecule has 1 unspecified atom stereocenters. The second-order valence-corrected chi connectivity index (χ2v) is 5.32. The van der Waals surface area contributed by atoms with Crippen molar-refractivity contribution in [3.8, 4) is 0 Å². The molecule has 6 heteroatoms. The van der Waals surface area contributed by atoms with Gasteiger partial charge in [0.2, 0.25) is 5.91 Å². The van der Waals surface area contributed by atoms with E-state index in [2.05, 4.69) is 4.98 Å². The molecule has 0 aliphatic carbocycles. The summed E-state index contributed by atoms with van der Waals surface area (Å²) < 4.78 is 0. The molecule has 1 rings (SSSR count). The topological polar surface area (TPSA) is 70.5 Å². The molecule has 104 valence electrons. The zero-order valence-electron chi connectivity index (χ0n) is 11.3. The smallest absolute Gasteiger partial charge is 0.335 e. The van der Waals surface area contributed by atoms with Gasteiger partial charge in [0.1, 0.15) is 0 Å². The first-order chi connectivity index (χ1) is 8.99. The monoisotopic (exact) mass is 282 g/mol. The van der Waals surface area contributed by atoms with Crippen LogP contribution in [0.1, 0.15) is 31.1 Å². The fourth-order valence-corrected chi connectivity index (χ4v) is 2.56. The molecule has 0 saturated carbocycles. The highest BCUT2D eigenvalue weighted by Crippen LogP contribution is 2.23. The lowest BCUT2D eigenvalue weighted by Gasteiger charge is -2.22. The maximum Gasteiger partial charge on any atom is 0.335 e. The number of aromatic nitrogens is 1. The number of carboxylic acids is 1. The van der Waals surface area contributed by atoms with E-state index in [9.17, 15) is 9.59 Å². The molecule has 0 radical (unpaired) electrons. The summed E-state index contributed by atoms with van der Waals surface area (Å²) in [4.78, 5) is 28.8. The fourth-order valence-electron chi connectivity index (χ4n) is 1.63. The molecule has 0 bridgehead atoms. The molecular formula is C13H18N2O3S. The summed E-state index contributed by atoms with van der Waals surface area (Å²) in [6.45, 7) is 7.01. The van der Waals surface area contributed by atoms with Gasteiger partial charge in [0, 0.05) is 19.3 Å². The van der Waals surface area contributed by atoms with Crippen LogP contribution in [0.25, 0.3) is 0 Å². The van der Waals surface area contributed by atoms with E-state index in [0.29, 0.717) is 18.1 Å². The maximum atomic E-state index is 12.1. The van der Waals surface area contributed by atoms with E-state index < -0.39 is 5.97 Å². The van der Waals surface area contributed by atoms with E-state index in [1.165, 1.54) is 30.1 Å². The molecule has 1 amide bonds. The Bertz CT molecular complexity index is 461. The number of thioether (sulfide) groups is 1. The summed E-state index contributed by atoms with van der Waals surface area (Å²) in [5.41, 5.74) is 0.181. The number of carboxylic acid groups (broad SMARTS) is 1. The summed E-state index contributed by atoms with van der Waals surface area (Å²) in [6.07, 6.45) is 1.44. The van der Waals surface area contributed by atoms with Gasteiger partial charge in [-0.15, -0.1) is 0 Å². The Morgan fingerprint density at radius 3 is 2.58 bits per heavy atom. The number of aromatic carboxylic acids is 1. The molecule has 0 fully saturated rings. The van der Waals surface area contributed by atoms with E-state index in [4.69, 9.17) is 5.11 Å². The first kappa shape index (κ1) is 15.5. The van der Waals surface area contributed by atoms with Crippen molar-refractivity contribution in [2.24, 2.45) is 0 Å². The summed E-state index contributed by atoms with van der Waals surface area (Å²) in [5.74, 6) is -0.954. The summed E-state index contributed by atoms with van der Waals surface area (Å²) in [5, 5.41) is 9.17. The molecule has 1 aromatic rings. The van der Waals surface area contributed by atoms with Crippen molar-refractivity contribution < 1.29 is 14.7 Å². The van der Waals surface area contributed by atoms with E-state index >= 15 is 0 Å². The number of rotatable bonds is 6. The molecule has 0 aliphatic heterocycles. The molecule has 0 saturated heterocycles. The molecule has 1 N–H and O–H groups in total. The second kappa shape index (κ2) is 7.13. The quantitative estimate of drug-likeness (QED) is 0.809. The lowest BCUT2D eigenvalue weighted by atomic mass is 10.3. The van der Waals surface area contributed by atoms with Gasteiger partial charge in [0.25, 0.3) is 0 Å². The average Bonchev–Trinajstić information content (AvgIpc) is 2.40. The van der Waals surface area contributed by atoms with Gasteiger partial charge in [0.15, 0.2) is 0 Å². The summed E-state index contributed by atoms with van der Waals surface area (Å²) in [7, 11) is 0. The Kier molecular flexibility index (Phi) is 5.82. The number of pyridine rings is 1. The molecule has 0 spiro atoms. The van der Waals surface area contributed by atoms with E-state index in [1.54, 1.807) is 11.8 Å². The number of nitrogens with zero attached hydrogens (tertiary/aromatic N) is 2. The molecule has 1 atom stereocenters. The van der Waals surface area contributed by atoms with Crippen LogP contribution in [0, 0.1) is 0 Å². The van der Waals surface area contributed by atoms with E-state index in [1.807, 2.05) is 13.8 Å². The Balaban J connectivity index is 2.76. The van der Waals surface area contributed by atoms with Crippen molar-refractivity contribution >= 4 is 23.6 Å². The van der Waals surface area contributed by atoms with Gasteiger partial charge in [-0.3, -0.25) is 4.79 Å². The predicted octanol–water partition coefficient (Wildman–Crippen LogP) is 2.13. The average molecular weight is 282 g/mol. The molecule has 5 nitrogen and oxygen atoms in total. The lowest BCUT2D eigenvalue weighted by molar-refractivity contribution is -0.129. The SMILES string of the molecule is CCN(CC)C(=O)C(C)Sc1cc(C(=O)O)ccn1. The van der Waals surface area contributed by atoms with E-state index in [-0.39, 0.29) is 16.7 Å². The maximum absolute atomic E-state index is 12.1. The third kappa shape index (κ3) is 4.24. The number of amides is 1. The van der Waals surface area contributed by atoms with Crippen LogP contribution in [-0.4, -0.2) is 45.2 Å². The number of carbonyl (C=O) groups excluding carboxylic acids is 1. The highest BCUT2D eigenvalue weighted by molar-refractivity contribution is 8.00. The van der Waals surface area contributed by atoms with Crippen molar-refractivity contribution in [3.63, 3.8) is 0 Å². The molecule has 0 aromatic carbocycles. The standard InChI is InChI=1S/C13H18N2O3S/c1-4-15(5-2)12(16)9(3)19-11-8-10(13(17)18)6-7-14-11/h6-9H,4-5H2,1-3H3,(H,17,18). The Morgan fingerprint density at radius 2 is 2.05 bits per heavy atom. The Hall–Kier alpha value is -1.56. The highest BCUT2D eigenvalue weighted by atomic mass is 32.2. The summed E-state index contributed by atoms with van der Waals surface area (Å²) >= 11 is 1.28. The molecule has 1 aromatic heterocycles. The van der Waals surface area contributed by atoms with Crippen LogP contribution in [0.2, 0.25) is 0 Å². The second-order valence-electron chi connectivity index (χ2n) is 3.96. The van der Waals surface area contributed by atoms with Crippen LogP contribution in [0.5, 0.6) is 0 Å². The number of carbonyl (C=O) groups is 2. The van der Waals surface area contributed by atoms with Crippen LogP contribution >= 0.6 is 11.8 Å². The minimum Gasteiger partial charge on any atom is -0.478 e. The van der Waals surface area contributed by atoms with Crippen LogP contribution in [0.15, 0.2) is 23.4 Å². The molecular weight excluding hydrogens is 264 g/mol. The highest BCUT2D eigenvalue weighted by Gasteiger charge is 2.20. The Labute approximate surface area is 117 Å². The van der Waals surface area contributed by atoms with Crippen LogP contribution in [0.3, 0.4) is 0 Å². The fraction of sp³-hybridized carbons (Fsp3) is 0.462. The minimum atomic E-state index is -0.994. The van der Waals surface area contributed by atoms with Gasteiger partial charge < -0.3 is 10.0 Å². The number of hydrogen-bond donors (Lipinski definition) is 1. The predicted molar refractivity (Wildman–Crippen MR) is 74.4 cm³/mol. The lowest BCUT2D eigenvalue weighted by Crippen LogP contribution is -2.36. The zero-order valence-corrected chi connectivity index (χ0v) is 12.1. The molecule has 19 heavy (non-hydrogen) atoms. The first-order valence-electron chi connectivity index (χ1n) is 6.14. The first-order valence-corrected chi connectivity index (χ1v) is 7.02. The van der Waals surface area contributed by atoms with Crippen LogP contribution in [-0.2, 0) is 4.79 Å². The minimum absolute atomic E-state index is 0.0394. The van der Waals surface area contributed by atoms with Crippen LogP contribution < -0.4 is 0 Å². The van der Waals surface area contributed by atoms with Crippen molar-refractivity contribution in [3.05, 3.63) is 23.9 Å². The van der Waals surface area contributed by atoms with E-state index in [0.717, 1.165) is 0 Å². The van der Waals surface area contributed by atoms with Gasteiger partial charge in [0.05, 0.1) is 15.8 Å². The zero-order chi connectivity index (χ0) is 14.4. The largest absolute Gasteiger partial charge is 0.478 e. The van der Waals surface area contributed by atoms with Crippen molar-refractivity contribution in [1.82, 2.24) is 9.88 Å². The normalized spacial score (nSPS) is 11.9. The third-order valence-corrected chi connectivity index (χ3v) is 3.72. The van der Waals surface area contributed by atoms with Crippen molar-refractivity contribution in [2.45, 2.75) is 31.0 Å². The Morgan fingerprint density at radius 1 is 1.42 bits per heavy atom. The van der Waals surface area contributed by atoms with Gasteiger partial charge in [-0.25, -0.2) is 9.78 Å². The van der Waals surface area contributed by atoms with Gasteiger partial charge in [-0.2, -0.15) is 0 Å². The summed E-state index contributed by atoms with van der Waals surface area (Å²) in [6, 6.07) is 2.92. The van der Waals surface area contributed by atoms with Crippen LogP contribution in [0.4, 0.5) is 0 Å². The van der Waals surface area contributed by atoms with Gasteiger partial charge >= 0.3 is 5.97 Å². The molecule has 1 heterocycles. The molecule has 0 aliphatic rings. The van der Waals surface area contributed by atoms with Crippen molar-refractivity contribution in [1.29, 1.82) is 0 Å².